The Morgan fingerprint density at radius 1 is 1.22 bits per heavy atom. The quantitative estimate of drug-likeness (QED) is 0.703. The summed E-state index contributed by atoms with van der Waals surface area (Å²) in [5.41, 5.74) is 1.75. The van der Waals surface area contributed by atoms with Crippen molar-refractivity contribution in [1.82, 2.24) is 5.32 Å². The molecule has 1 aromatic rings. The van der Waals surface area contributed by atoms with Gasteiger partial charge in [-0.1, -0.05) is 24.3 Å². The highest BCUT2D eigenvalue weighted by molar-refractivity contribution is 7.90. The highest BCUT2D eigenvalue weighted by Gasteiger charge is 2.02. The van der Waals surface area contributed by atoms with Crippen molar-refractivity contribution in [1.29, 1.82) is 0 Å². The number of hydrogen-bond donors (Lipinski definition) is 2. The van der Waals surface area contributed by atoms with E-state index in [1.165, 1.54) is 6.26 Å². The molecule has 2 N–H and O–H groups in total. The van der Waals surface area contributed by atoms with Gasteiger partial charge >= 0.3 is 5.97 Å². The molecule has 0 bridgehead atoms. The fourth-order valence-corrected chi connectivity index (χ4v) is 1.96. The number of benzene rings is 1. The molecule has 0 fully saturated rings. The lowest BCUT2D eigenvalue weighted by Crippen LogP contribution is -2.21. The molecule has 1 aromatic carbocycles. The second kappa shape index (κ2) is 6.51. The van der Waals surface area contributed by atoms with Crippen LogP contribution in [-0.4, -0.2) is 38.0 Å². The van der Waals surface area contributed by atoms with Gasteiger partial charge in [0.1, 0.15) is 9.84 Å². The number of rotatable bonds is 7. The Morgan fingerprint density at radius 2 is 1.78 bits per heavy atom. The summed E-state index contributed by atoms with van der Waals surface area (Å²) in [5, 5.41) is 11.6. The lowest BCUT2D eigenvalue weighted by Gasteiger charge is -2.05. The summed E-state index contributed by atoms with van der Waals surface area (Å²) in [4.78, 5) is 10.5. The maximum Gasteiger partial charge on any atom is 0.307 e. The zero-order valence-corrected chi connectivity index (χ0v) is 11.0. The molecule has 0 spiro atoms. The van der Waals surface area contributed by atoms with Gasteiger partial charge in [-0.25, -0.2) is 8.42 Å². The van der Waals surface area contributed by atoms with Gasteiger partial charge in [0.2, 0.25) is 0 Å². The fraction of sp³-hybridized carbons (Fsp3) is 0.417. The van der Waals surface area contributed by atoms with E-state index in [0.29, 0.717) is 13.1 Å². The molecule has 0 aliphatic carbocycles. The van der Waals surface area contributed by atoms with Gasteiger partial charge in [0.25, 0.3) is 0 Å². The summed E-state index contributed by atoms with van der Waals surface area (Å²) < 4.78 is 21.8. The zero-order valence-electron chi connectivity index (χ0n) is 10.2. The van der Waals surface area contributed by atoms with Crippen LogP contribution in [0.1, 0.15) is 11.1 Å². The van der Waals surface area contributed by atoms with Gasteiger partial charge in [-0.15, -0.1) is 0 Å². The maximum atomic E-state index is 10.9. The minimum absolute atomic E-state index is 0.0157. The first-order chi connectivity index (χ1) is 8.37. The molecule has 6 heteroatoms. The van der Waals surface area contributed by atoms with E-state index in [0.717, 1.165) is 11.1 Å². The molecule has 0 atom stereocenters. The molecule has 0 aromatic heterocycles. The lowest BCUT2D eigenvalue weighted by molar-refractivity contribution is -0.136. The summed E-state index contributed by atoms with van der Waals surface area (Å²) in [7, 11) is -2.93. The zero-order chi connectivity index (χ0) is 13.6. The van der Waals surface area contributed by atoms with E-state index in [-0.39, 0.29) is 12.2 Å². The average Bonchev–Trinajstić information content (AvgIpc) is 2.24. The first-order valence-corrected chi connectivity index (χ1v) is 7.61. The standard InChI is InChI=1S/C12H17NO4S/c1-18(16,17)7-6-13-9-11-4-2-10(3-5-11)8-12(14)15/h2-5,13H,6-9H2,1H3,(H,14,15). The third-order valence-corrected chi connectivity index (χ3v) is 3.30. The Labute approximate surface area is 107 Å². The highest BCUT2D eigenvalue weighted by atomic mass is 32.2. The van der Waals surface area contributed by atoms with Crippen LogP contribution < -0.4 is 5.32 Å². The smallest absolute Gasteiger partial charge is 0.307 e. The van der Waals surface area contributed by atoms with Crippen molar-refractivity contribution < 1.29 is 18.3 Å². The predicted molar refractivity (Wildman–Crippen MR) is 69.2 cm³/mol. The Balaban J connectivity index is 2.37. The molecule has 0 saturated carbocycles. The monoisotopic (exact) mass is 271 g/mol. The number of aliphatic carboxylic acids is 1. The molecule has 5 nitrogen and oxygen atoms in total. The van der Waals surface area contributed by atoms with E-state index in [9.17, 15) is 13.2 Å². The van der Waals surface area contributed by atoms with Crippen LogP contribution in [0.4, 0.5) is 0 Å². The first kappa shape index (κ1) is 14.7. The van der Waals surface area contributed by atoms with Crippen molar-refractivity contribution in [3.63, 3.8) is 0 Å². The van der Waals surface area contributed by atoms with Crippen molar-refractivity contribution in [3.05, 3.63) is 35.4 Å². The van der Waals surface area contributed by atoms with Gasteiger partial charge in [0.05, 0.1) is 12.2 Å². The average molecular weight is 271 g/mol. The number of sulfone groups is 1. The fourth-order valence-electron chi connectivity index (χ4n) is 1.44. The van der Waals surface area contributed by atoms with E-state index in [1.54, 1.807) is 12.1 Å². The van der Waals surface area contributed by atoms with E-state index in [2.05, 4.69) is 5.32 Å². The first-order valence-electron chi connectivity index (χ1n) is 5.55. The minimum atomic E-state index is -2.93. The second-order valence-corrected chi connectivity index (χ2v) is 6.45. The lowest BCUT2D eigenvalue weighted by atomic mass is 10.1. The van der Waals surface area contributed by atoms with Crippen LogP contribution in [0.25, 0.3) is 0 Å². The molecule has 0 unspecified atom stereocenters. The van der Waals surface area contributed by atoms with Gasteiger partial charge in [-0.3, -0.25) is 4.79 Å². The van der Waals surface area contributed by atoms with Gasteiger partial charge in [-0.2, -0.15) is 0 Å². The van der Waals surface area contributed by atoms with Crippen molar-refractivity contribution in [2.45, 2.75) is 13.0 Å². The molecule has 0 radical (unpaired) electrons. The SMILES string of the molecule is CS(=O)(=O)CCNCc1ccc(CC(=O)O)cc1. The molecule has 0 heterocycles. The molecule has 0 amide bonds. The Kier molecular flexibility index (Phi) is 5.30. The van der Waals surface area contributed by atoms with Crippen molar-refractivity contribution >= 4 is 15.8 Å². The van der Waals surface area contributed by atoms with Crippen LogP contribution in [0.2, 0.25) is 0 Å². The molecule has 0 saturated heterocycles. The summed E-state index contributed by atoms with van der Waals surface area (Å²) in [5.74, 6) is -0.738. The van der Waals surface area contributed by atoms with Gasteiger partial charge in [0, 0.05) is 19.3 Å². The Bertz CT molecular complexity index is 493. The third kappa shape index (κ3) is 6.36. The van der Waals surface area contributed by atoms with Crippen LogP contribution in [0, 0.1) is 0 Å². The molecule has 100 valence electrons. The molecular weight excluding hydrogens is 254 g/mol. The normalized spacial score (nSPS) is 11.4. The van der Waals surface area contributed by atoms with Gasteiger partial charge < -0.3 is 10.4 Å². The highest BCUT2D eigenvalue weighted by Crippen LogP contribution is 2.05. The predicted octanol–water partition coefficient (Wildman–Crippen LogP) is 0.448. The number of carbonyl (C=O) groups is 1. The van der Waals surface area contributed by atoms with Crippen LogP contribution in [0.15, 0.2) is 24.3 Å². The Morgan fingerprint density at radius 3 is 2.28 bits per heavy atom. The van der Waals surface area contributed by atoms with Crippen molar-refractivity contribution in [2.24, 2.45) is 0 Å². The summed E-state index contributed by atoms with van der Waals surface area (Å²) in [6.45, 7) is 0.985. The number of hydrogen-bond acceptors (Lipinski definition) is 4. The third-order valence-electron chi connectivity index (χ3n) is 2.36. The molecule has 1 rings (SSSR count). The minimum Gasteiger partial charge on any atom is -0.481 e. The van der Waals surface area contributed by atoms with E-state index < -0.39 is 15.8 Å². The van der Waals surface area contributed by atoms with Crippen LogP contribution in [0.3, 0.4) is 0 Å². The number of nitrogens with one attached hydrogen (secondary N) is 1. The van der Waals surface area contributed by atoms with Gasteiger partial charge in [-0.05, 0) is 11.1 Å². The molecule has 0 aliphatic heterocycles. The maximum absolute atomic E-state index is 10.9. The van der Waals surface area contributed by atoms with Crippen molar-refractivity contribution in [3.8, 4) is 0 Å². The molecule has 18 heavy (non-hydrogen) atoms. The summed E-state index contributed by atoms with van der Waals surface area (Å²) >= 11 is 0. The van der Waals surface area contributed by atoms with E-state index in [4.69, 9.17) is 5.11 Å². The number of carboxylic acid groups (broad SMARTS) is 1. The molecule has 0 aliphatic rings. The van der Waals surface area contributed by atoms with Gasteiger partial charge in [0.15, 0.2) is 0 Å². The number of carboxylic acids is 1. The second-order valence-electron chi connectivity index (χ2n) is 4.19. The Hall–Kier alpha value is -1.40. The largest absolute Gasteiger partial charge is 0.481 e. The van der Waals surface area contributed by atoms with Crippen molar-refractivity contribution in [2.75, 3.05) is 18.6 Å². The summed E-state index contributed by atoms with van der Waals surface area (Å²) in [6, 6.07) is 7.21. The van der Waals surface area contributed by atoms with Crippen LogP contribution in [-0.2, 0) is 27.6 Å². The topological polar surface area (TPSA) is 83.5 Å². The van der Waals surface area contributed by atoms with Crippen LogP contribution >= 0.6 is 0 Å². The van der Waals surface area contributed by atoms with E-state index >= 15 is 0 Å². The van der Waals surface area contributed by atoms with Crippen LogP contribution in [0.5, 0.6) is 0 Å². The van der Waals surface area contributed by atoms with E-state index in [1.807, 2.05) is 12.1 Å². The summed E-state index contributed by atoms with van der Waals surface area (Å²) in [6.07, 6.45) is 1.22. The molecular formula is C12H17NO4S.